The molecule has 1 heterocycles. The van der Waals surface area contributed by atoms with Crippen LogP contribution < -0.4 is 10.6 Å². The monoisotopic (exact) mass is 395 g/mol. The van der Waals surface area contributed by atoms with Crippen molar-refractivity contribution in [3.63, 3.8) is 0 Å². The number of carbonyl (C=O) groups excluding carboxylic acids is 2. The number of benzene rings is 2. The third-order valence-corrected chi connectivity index (χ3v) is 4.20. The van der Waals surface area contributed by atoms with Crippen LogP contribution in [0.2, 0.25) is 5.02 Å². The molecule has 0 radical (unpaired) electrons. The van der Waals surface area contributed by atoms with E-state index in [1.807, 2.05) is 24.3 Å². The number of ether oxygens (including phenoxy) is 1. The minimum absolute atomic E-state index is 0.264. The highest BCUT2D eigenvalue weighted by Crippen LogP contribution is 2.15. The third kappa shape index (κ3) is 5.08. The van der Waals surface area contributed by atoms with E-state index in [-0.39, 0.29) is 11.6 Å². The van der Waals surface area contributed by atoms with Crippen molar-refractivity contribution in [2.75, 3.05) is 17.7 Å². The molecule has 0 saturated heterocycles. The van der Waals surface area contributed by atoms with Gasteiger partial charge in [-0.25, -0.2) is 9.78 Å². The predicted octanol–water partition coefficient (Wildman–Crippen LogP) is 4.39. The molecule has 1 amide bonds. The lowest BCUT2D eigenvalue weighted by Gasteiger charge is -2.08. The highest BCUT2D eigenvalue weighted by molar-refractivity contribution is 6.30. The average molecular weight is 396 g/mol. The molecule has 7 heteroatoms. The number of esters is 1. The standard InChI is InChI=1S/C21H18ClN3O3/c1-28-21(27)15-3-2-4-17(11-15)25-20(26)19-10-9-18(13-24-19)23-12-14-5-7-16(22)8-6-14/h2-11,13,23H,12H2,1H3,(H,25,26). The molecule has 142 valence electrons. The number of nitrogens with one attached hydrogen (secondary N) is 2. The molecule has 3 rings (SSSR count). The Kier molecular flexibility index (Phi) is 6.24. The highest BCUT2D eigenvalue weighted by atomic mass is 35.5. The van der Waals surface area contributed by atoms with Gasteiger partial charge in [-0.2, -0.15) is 0 Å². The summed E-state index contributed by atoms with van der Waals surface area (Å²) in [5.41, 5.74) is 2.98. The second kappa shape index (κ2) is 9.01. The number of hydrogen-bond donors (Lipinski definition) is 2. The van der Waals surface area contributed by atoms with E-state index in [0.717, 1.165) is 11.3 Å². The van der Waals surface area contributed by atoms with Gasteiger partial charge in [-0.05, 0) is 48.0 Å². The fourth-order valence-electron chi connectivity index (χ4n) is 2.48. The Labute approximate surface area is 167 Å². The first-order valence-corrected chi connectivity index (χ1v) is 8.87. The van der Waals surface area contributed by atoms with E-state index in [2.05, 4.69) is 20.4 Å². The number of anilines is 2. The van der Waals surface area contributed by atoms with Crippen molar-refractivity contribution in [2.45, 2.75) is 6.54 Å². The van der Waals surface area contributed by atoms with Gasteiger partial charge in [-0.15, -0.1) is 0 Å². The molecule has 2 N–H and O–H groups in total. The van der Waals surface area contributed by atoms with Crippen molar-refractivity contribution in [1.29, 1.82) is 0 Å². The van der Waals surface area contributed by atoms with Crippen molar-refractivity contribution in [2.24, 2.45) is 0 Å². The summed E-state index contributed by atoms with van der Waals surface area (Å²) >= 11 is 5.87. The second-order valence-corrected chi connectivity index (χ2v) is 6.38. The normalized spacial score (nSPS) is 10.2. The summed E-state index contributed by atoms with van der Waals surface area (Å²) < 4.78 is 4.68. The van der Waals surface area contributed by atoms with E-state index < -0.39 is 5.97 Å². The molecule has 0 aliphatic heterocycles. The van der Waals surface area contributed by atoms with Crippen LogP contribution in [0.1, 0.15) is 26.4 Å². The van der Waals surface area contributed by atoms with Gasteiger partial charge in [0.05, 0.1) is 24.6 Å². The van der Waals surface area contributed by atoms with Crippen LogP contribution in [0.4, 0.5) is 11.4 Å². The number of hydrogen-bond acceptors (Lipinski definition) is 5. The number of amides is 1. The van der Waals surface area contributed by atoms with E-state index in [9.17, 15) is 9.59 Å². The van der Waals surface area contributed by atoms with Gasteiger partial charge < -0.3 is 15.4 Å². The maximum absolute atomic E-state index is 12.4. The Morgan fingerprint density at radius 3 is 2.50 bits per heavy atom. The fraction of sp³-hybridized carbons (Fsp3) is 0.0952. The molecular weight excluding hydrogens is 378 g/mol. The Hall–Kier alpha value is -3.38. The van der Waals surface area contributed by atoms with Crippen LogP contribution in [0, 0.1) is 0 Å². The van der Waals surface area contributed by atoms with E-state index in [0.29, 0.717) is 22.8 Å². The minimum Gasteiger partial charge on any atom is -0.465 e. The van der Waals surface area contributed by atoms with Crippen LogP contribution >= 0.6 is 11.6 Å². The summed E-state index contributed by atoms with van der Waals surface area (Å²) in [6.45, 7) is 0.616. The number of pyridine rings is 1. The topological polar surface area (TPSA) is 80.3 Å². The quantitative estimate of drug-likeness (QED) is 0.605. The molecule has 2 aromatic carbocycles. The van der Waals surface area contributed by atoms with Crippen LogP contribution in [-0.4, -0.2) is 24.0 Å². The molecule has 0 unspecified atom stereocenters. The van der Waals surface area contributed by atoms with Gasteiger partial charge in [0.25, 0.3) is 5.91 Å². The largest absolute Gasteiger partial charge is 0.465 e. The Morgan fingerprint density at radius 1 is 1.04 bits per heavy atom. The molecule has 0 aliphatic carbocycles. The maximum Gasteiger partial charge on any atom is 0.337 e. The average Bonchev–Trinajstić information content (AvgIpc) is 2.73. The predicted molar refractivity (Wildman–Crippen MR) is 109 cm³/mol. The molecule has 0 saturated carbocycles. The first-order chi connectivity index (χ1) is 13.5. The highest BCUT2D eigenvalue weighted by Gasteiger charge is 2.10. The third-order valence-electron chi connectivity index (χ3n) is 3.95. The molecule has 0 spiro atoms. The molecule has 0 bridgehead atoms. The summed E-state index contributed by atoms with van der Waals surface area (Å²) in [6, 6.07) is 17.5. The second-order valence-electron chi connectivity index (χ2n) is 5.94. The first-order valence-electron chi connectivity index (χ1n) is 8.49. The van der Waals surface area contributed by atoms with Gasteiger partial charge in [-0.3, -0.25) is 4.79 Å². The molecule has 0 aliphatic rings. The minimum atomic E-state index is -0.467. The summed E-state index contributed by atoms with van der Waals surface area (Å²) in [5.74, 6) is -0.836. The lowest BCUT2D eigenvalue weighted by Crippen LogP contribution is -2.14. The Balaban J connectivity index is 1.60. The lowest BCUT2D eigenvalue weighted by atomic mass is 10.2. The summed E-state index contributed by atoms with van der Waals surface area (Å²) in [5, 5.41) is 6.64. The van der Waals surface area contributed by atoms with Crippen molar-refractivity contribution in [1.82, 2.24) is 4.98 Å². The molecule has 28 heavy (non-hydrogen) atoms. The molecular formula is C21H18ClN3O3. The maximum atomic E-state index is 12.4. The molecule has 6 nitrogen and oxygen atoms in total. The van der Waals surface area contributed by atoms with E-state index >= 15 is 0 Å². The van der Waals surface area contributed by atoms with Crippen molar-refractivity contribution in [3.8, 4) is 0 Å². The first kappa shape index (κ1) is 19.4. The smallest absolute Gasteiger partial charge is 0.337 e. The van der Waals surface area contributed by atoms with E-state index in [1.165, 1.54) is 7.11 Å². The SMILES string of the molecule is COC(=O)c1cccc(NC(=O)c2ccc(NCc3ccc(Cl)cc3)cn2)c1. The van der Waals surface area contributed by atoms with Gasteiger partial charge >= 0.3 is 5.97 Å². The number of carbonyl (C=O) groups is 2. The Morgan fingerprint density at radius 2 is 1.82 bits per heavy atom. The molecule has 0 atom stereocenters. The molecule has 0 fully saturated rings. The zero-order chi connectivity index (χ0) is 19.9. The van der Waals surface area contributed by atoms with Crippen LogP contribution in [0.15, 0.2) is 66.9 Å². The van der Waals surface area contributed by atoms with Crippen LogP contribution in [-0.2, 0) is 11.3 Å². The van der Waals surface area contributed by atoms with E-state index in [1.54, 1.807) is 42.6 Å². The Bertz CT molecular complexity index is 973. The van der Waals surface area contributed by atoms with Gasteiger partial charge in [0.15, 0.2) is 0 Å². The number of halogens is 1. The van der Waals surface area contributed by atoms with Gasteiger partial charge in [-0.1, -0.05) is 29.8 Å². The van der Waals surface area contributed by atoms with Crippen LogP contribution in [0.5, 0.6) is 0 Å². The van der Waals surface area contributed by atoms with Crippen molar-refractivity contribution >= 4 is 34.9 Å². The summed E-state index contributed by atoms with van der Waals surface area (Å²) in [6.07, 6.45) is 1.59. The fourth-order valence-corrected chi connectivity index (χ4v) is 2.60. The number of rotatable bonds is 6. The van der Waals surface area contributed by atoms with Crippen molar-refractivity contribution < 1.29 is 14.3 Å². The molecule has 3 aromatic rings. The van der Waals surface area contributed by atoms with Crippen molar-refractivity contribution in [3.05, 3.63) is 88.7 Å². The van der Waals surface area contributed by atoms with Gasteiger partial charge in [0.1, 0.15) is 5.69 Å². The zero-order valence-corrected chi connectivity index (χ0v) is 15.9. The van der Waals surface area contributed by atoms with Crippen LogP contribution in [0.3, 0.4) is 0 Å². The number of nitrogens with zero attached hydrogens (tertiary/aromatic N) is 1. The number of aromatic nitrogens is 1. The van der Waals surface area contributed by atoms with E-state index in [4.69, 9.17) is 11.6 Å². The summed E-state index contributed by atoms with van der Waals surface area (Å²) in [4.78, 5) is 28.1. The van der Waals surface area contributed by atoms with Gasteiger partial charge in [0, 0.05) is 17.3 Å². The zero-order valence-electron chi connectivity index (χ0n) is 15.1. The summed E-state index contributed by atoms with van der Waals surface area (Å²) in [7, 11) is 1.31. The van der Waals surface area contributed by atoms with Crippen LogP contribution in [0.25, 0.3) is 0 Å². The van der Waals surface area contributed by atoms with Gasteiger partial charge in [0.2, 0.25) is 0 Å². The number of methoxy groups -OCH3 is 1. The molecule has 1 aromatic heterocycles. The lowest BCUT2D eigenvalue weighted by molar-refractivity contribution is 0.0600.